The average Bonchev–Trinajstić information content (AvgIpc) is 3.67. The molecule has 0 unspecified atom stereocenters. The topological polar surface area (TPSA) is 29.3 Å². The Morgan fingerprint density at radius 1 is 0.365 bits per heavy atom. The Morgan fingerprint density at radius 2 is 0.865 bits per heavy atom. The van der Waals surface area contributed by atoms with Gasteiger partial charge in [0.1, 0.15) is 5.52 Å². The van der Waals surface area contributed by atoms with Crippen LogP contribution in [0.25, 0.3) is 77.1 Å². The number of fused-ring (bicyclic) bond motifs is 7. The Labute approximate surface area is 301 Å². The maximum atomic E-state index is 6.58. The van der Waals surface area contributed by atoms with Gasteiger partial charge in [-0.05, 0) is 98.4 Å². The lowest BCUT2D eigenvalue weighted by atomic mass is 9.95. The number of rotatable bonds is 6. The summed E-state index contributed by atoms with van der Waals surface area (Å²) in [4.78, 5) is 7.28. The van der Waals surface area contributed by atoms with Crippen molar-refractivity contribution < 1.29 is 4.42 Å². The predicted octanol–water partition coefficient (Wildman–Crippen LogP) is 13.8. The molecule has 0 atom stereocenters. The number of hydrogen-bond acceptors (Lipinski definition) is 3. The quantitative estimate of drug-likeness (QED) is 0.166. The van der Waals surface area contributed by atoms with Crippen LogP contribution < -0.4 is 4.90 Å². The Kier molecular flexibility index (Phi) is 7.14. The first-order valence-electron chi connectivity index (χ1n) is 17.6. The fraction of sp³-hybridized carbons (Fsp3) is 0. The second kappa shape index (κ2) is 12.4. The zero-order valence-electron chi connectivity index (χ0n) is 28.3. The van der Waals surface area contributed by atoms with E-state index >= 15 is 0 Å². The van der Waals surface area contributed by atoms with E-state index < -0.39 is 0 Å². The van der Waals surface area contributed by atoms with Gasteiger partial charge < -0.3 is 9.32 Å². The van der Waals surface area contributed by atoms with Gasteiger partial charge in [0.2, 0.25) is 5.89 Å². The molecular formula is C49H32N2O. The highest BCUT2D eigenvalue weighted by atomic mass is 16.3. The lowest BCUT2D eigenvalue weighted by Crippen LogP contribution is -2.10. The Hall–Kier alpha value is -6.97. The summed E-state index contributed by atoms with van der Waals surface area (Å²) >= 11 is 0. The van der Waals surface area contributed by atoms with E-state index in [0.717, 1.165) is 49.9 Å². The number of nitrogens with zero attached hydrogens (tertiary/aromatic N) is 2. The molecule has 1 aromatic heterocycles. The van der Waals surface area contributed by atoms with Crippen LogP contribution in [0.5, 0.6) is 0 Å². The van der Waals surface area contributed by atoms with Gasteiger partial charge in [-0.3, -0.25) is 0 Å². The summed E-state index contributed by atoms with van der Waals surface area (Å²) in [7, 11) is 0. The Bertz CT molecular complexity index is 2810. The standard InChI is InChI=1S/C49H32N2O/c1-4-12-33(13-5-1)38-18-10-20-41(30-38)51(42-21-11-19-39(31-42)34-14-6-2-7-15-34)43-27-28-44-40(32-43)25-24-35-22-23-36-26-29-45-48(47(36)46(35)44)52-49(50-45)37-16-8-3-9-17-37/h1-32H. The summed E-state index contributed by atoms with van der Waals surface area (Å²) in [6.45, 7) is 0. The largest absolute Gasteiger partial charge is 0.435 e. The van der Waals surface area contributed by atoms with E-state index in [-0.39, 0.29) is 0 Å². The van der Waals surface area contributed by atoms with Crippen molar-refractivity contribution >= 4 is 60.5 Å². The fourth-order valence-corrected chi connectivity index (χ4v) is 7.54. The molecule has 10 aromatic rings. The molecule has 0 aliphatic heterocycles. The van der Waals surface area contributed by atoms with Crippen molar-refractivity contribution in [2.45, 2.75) is 0 Å². The van der Waals surface area contributed by atoms with Gasteiger partial charge in [-0.2, -0.15) is 0 Å². The van der Waals surface area contributed by atoms with Crippen molar-refractivity contribution in [2.24, 2.45) is 0 Å². The summed E-state index contributed by atoms with van der Waals surface area (Å²) in [6.07, 6.45) is 0. The second-order valence-electron chi connectivity index (χ2n) is 13.2. The first-order chi connectivity index (χ1) is 25.8. The van der Waals surface area contributed by atoms with Crippen LogP contribution in [0.15, 0.2) is 199 Å². The van der Waals surface area contributed by atoms with E-state index in [4.69, 9.17) is 9.40 Å². The monoisotopic (exact) mass is 664 g/mol. The highest BCUT2D eigenvalue weighted by Crippen LogP contribution is 2.42. The molecule has 0 amide bonds. The van der Waals surface area contributed by atoms with Crippen molar-refractivity contribution in [3.8, 4) is 33.7 Å². The average molecular weight is 665 g/mol. The van der Waals surface area contributed by atoms with Crippen LogP contribution in [0.2, 0.25) is 0 Å². The predicted molar refractivity (Wildman–Crippen MR) is 218 cm³/mol. The molecule has 1 heterocycles. The molecule has 0 aliphatic rings. The minimum atomic E-state index is 0.633. The number of hydrogen-bond donors (Lipinski definition) is 0. The van der Waals surface area contributed by atoms with Crippen LogP contribution in [0.3, 0.4) is 0 Å². The summed E-state index contributed by atoms with van der Waals surface area (Å²) in [5.74, 6) is 0.633. The van der Waals surface area contributed by atoms with Crippen LogP contribution >= 0.6 is 0 Å². The van der Waals surface area contributed by atoms with Crippen LogP contribution in [0, 0.1) is 0 Å². The van der Waals surface area contributed by atoms with Crippen molar-refractivity contribution in [1.82, 2.24) is 4.98 Å². The summed E-state index contributed by atoms with van der Waals surface area (Å²) in [5, 5.41) is 6.89. The Morgan fingerprint density at radius 3 is 1.48 bits per heavy atom. The second-order valence-corrected chi connectivity index (χ2v) is 13.2. The minimum Gasteiger partial charge on any atom is -0.435 e. The molecule has 0 bridgehead atoms. The summed E-state index contributed by atoms with van der Waals surface area (Å²) < 4.78 is 6.58. The molecule has 52 heavy (non-hydrogen) atoms. The van der Waals surface area contributed by atoms with Crippen LogP contribution in [-0.2, 0) is 0 Å². The first kappa shape index (κ1) is 29.9. The highest BCUT2D eigenvalue weighted by Gasteiger charge is 2.18. The van der Waals surface area contributed by atoms with E-state index in [2.05, 4.69) is 169 Å². The van der Waals surface area contributed by atoms with E-state index in [1.807, 2.05) is 30.3 Å². The van der Waals surface area contributed by atoms with Gasteiger partial charge in [0.05, 0.1) is 0 Å². The number of anilines is 3. The van der Waals surface area contributed by atoms with E-state index in [1.54, 1.807) is 0 Å². The third kappa shape index (κ3) is 5.19. The number of benzene rings is 9. The normalized spacial score (nSPS) is 11.5. The van der Waals surface area contributed by atoms with Gasteiger partial charge in [0.25, 0.3) is 0 Å². The van der Waals surface area contributed by atoms with Crippen LogP contribution in [0.4, 0.5) is 17.1 Å². The van der Waals surface area contributed by atoms with Crippen LogP contribution in [0.1, 0.15) is 0 Å². The van der Waals surface area contributed by atoms with Crippen LogP contribution in [-0.4, -0.2) is 4.98 Å². The summed E-state index contributed by atoms with van der Waals surface area (Å²) in [5.41, 5.74) is 10.6. The van der Waals surface area contributed by atoms with Gasteiger partial charge in [0.15, 0.2) is 5.58 Å². The minimum absolute atomic E-state index is 0.633. The van der Waals surface area contributed by atoms with E-state index in [9.17, 15) is 0 Å². The van der Waals surface area contributed by atoms with E-state index in [1.165, 1.54) is 38.4 Å². The van der Waals surface area contributed by atoms with Gasteiger partial charge in [-0.1, -0.05) is 140 Å². The molecule has 0 radical (unpaired) electrons. The zero-order valence-corrected chi connectivity index (χ0v) is 28.3. The molecule has 3 heteroatoms. The molecular weight excluding hydrogens is 633 g/mol. The number of aromatic nitrogens is 1. The molecule has 0 saturated heterocycles. The van der Waals surface area contributed by atoms with Crippen molar-refractivity contribution in [1.29, 1.82) is 0 Å². The van der Waals surface area contributed by atoms with Crippen molar-refractivity contribution in [3.63, 3.8) is 0 Å². The van der Waals surface area contributed by atoms with Crippen molar-refractivity contribution in [2.75, 3.05) is 4.90 Å². The van der Waals surface area contributed by atoms with Gasteiger partial charge in [0, 0.05) is 33.4 Å². The SMILES string of the molecule is c1ccc(-c2cccc(N(c3cccc(-c4ccccc4)c3)c3ccc4c(ccc5ccc6ccc7nc(-c8ccccc8)oc7c6c54)c3)c2)cc1. The first-order valence-corrected chi connectivity index (χ1v) is 17.6. The van der Waals surface area contributed by atoms with Crippen molar-refractivity contribution in [3.05, 3.63) is 194 Å². The molecule has 9 aromatic carbocycles. The smallest absolute Gasteiger partial charge is 0.227 e. The van der Waals surface area contributed by atoms with Gasteiger partial charge in [-0.15, -0.1) is 0 Å². The van der Waals surface area contributed by atoms with E-state index in [0.29, 0.717) is 5.89 Å². The number of oxazole rings is 1. The molecule has 244 valence electrons. The molecule has 0 fully saturated rings. The molecule has 0 spiro atoms. The van der Waals surface area contributed by atoms with Gasteiger partial charge >= 0.3 is 0 Å². The molecule has 0 saturated carbocycles. The molecule has 0 aliphatic carbocycles. The lowest BCUT2D eigenvalue weighted by Gasteiger charge is -2.27. The fourth-order valence-electron chi connectivity index (χ4n) is 7.54. The maximum absolute atomic E-state index is 6.58. The maximum Gasteiger partial charge on any atom is 0.227 e. The molecule has 10 rings (SSSR count). The highest BCUT2D eigenvalue weighted by molar-refractivity contribution is 6.26. The third-order valence-electron chi connectivity index (χ3n) is 10.0. The van der Waals surface area contributed by atoms with Gasteiger partial charge in [-0.25, -0.2) is 4.98 Å². The molecule has 3 nitrogen and oxygen atoms in total. The zero-order chi connectivity index (χ0) is 34.4. The third-order valence-corrected chi connectivity index (χ3v) is 10.0. The molecule has 0 N–H and O–H groups in total. The summed E-state index contributed by atoms with van der Waals surface area (Å²) in [6, 6.07) is 68.8. The Balaban J connectivity index is 1.18. The lowest BCUT2D eigenvalue weighted by molar-refractivity contribution is 0.623.